The smallest absolute Gasteiger partial charge is 0.142 e. The molecule has 270 valence electrons. The summed E-state index contributed by atoms with van der Waals surface area (Å²) in [6.45, 7) is 6.10. The molecule has 2 atom stereocenters. The number of ketones is 1. The lowest BCUT2D eigenvalue weighted by Gasteiger charge is -2.34. The van der Waals surface area contributed by atoms with Gasteiger partial charge in [-0.15, -0.1) is 0 Å². The van der Waals surface area contributed by atoms with E-state index >= 15 is 0 Å². The van der Waals surface area contributed by atoms with Gasteiger partial charge in [-0.25, -0.2) is 4.39 Å². The maximum absolute atomic E-state index is 13.2. The molecule has 3 aliphatic rings. The van der Waals surface area contributed by atoms with Gasteiger partial charge in [0.1, 0.15) is 48.0 Å². The standard InChI is InChI=1S/C42H44ClFN4O4/c1-27-34(5-3-8-39(27)50-14-4-13-48-24-32(44)25-48)35-6-2-7-37-36(35)11-12-40(37)52-42-18-41(51-26-30-15-29(19-45)21-46-22-30)31(17-38(42)43)23-47-20-28-9-10-33(49)16-28/h2-3,5-8,15,17-18,21-22,28,32,40,47H,4,9-14,16,20,23-26H2,1H3/t28?,40-/m0/s1. The van der Waals surface area contributed by atoms with Gasteiger partial charge in [0.05, 0.1) is 17.2 Å². The van der Waals surface area contributed by atoms with Crippen LogP contribution in [0.2, 0.25) is 5.02 Å². The van der Waals surface area contributed by atoms with Gasteiger partial charge in [-0.2, -0.15) is 5.26 Å². The lowest BCUT2D eigenvalue weighted by Crippen LogP contribution is -2.48. The van der Waals surface area contributed by atoms with Crippen LogP contribution in [0.1, 0.15) is 71.6 Å². The Balaban J connectivity index is 1.07. The number of ether oxygens (including phenoxy) is 3. The topological polar surface area (TPSA) is 96.7 Å². The van der Waals surface area contributed by atoms with Crippen LogP contribution in [-0.4, -0.2) is 54.6 Å². The van der Waals surface area contributed by atoms with Crippen molar-refractivity contribution in [2.24, 2.45) is 5.92 Å². The Bertz CT molecular complexity index is 1960. The number of fused-ring (bicyclic) bond motifs is 1. The molecule has 7 rings (SSSR count). The van der Waals surface area contributed by atoms with Crippen molar-refractivity contribution in [1.82, 2.24) is 15.2 Å². The number of halogens is 2. The Morgan fingerprint density at radius 1 is 1.02 bits per heavy atom. The third-order valence-electron chi connectivity index (χ3n) is 10.4. The first-order chi connectivity index (χ1) is 25.3. The zero-order valence-electron chi connectivity index (χ0n) is 29.5. The number of pyridine rings is 1. The highest BCUT2D eigenvalue weighted by Gasteiger charge is 2.29. The van der Waals surface area contributed by atoms with Crippen molar-refractivity contribution in [1.29, 1.82) is 5.26 Å². The number of likely N-dealkylation sites (tertiary alicyclic amines) is 1. The van der Waals surface area contributed by atoms with Crippen LogP contribution in [-0.2, 0) is 24.4 Å². The predicted octanol–water partition coefficient (Wildman–Crippen LogP) is 8.11. The number of nitrogens with zero attached hydrogens (tertiary/aromatic N) is 3. The van der Waals surface area contributed by atoms with Crippen molar-refractivity contribution < 1.29 is 23.4 Å². The summed E-state index contributed by atoms with van der Waals surface area (Å²) in [6.07, 6.45) is 7.07. The molecule has 1 aromatic heterocycles. The van der Waals surface area contributed by atoms with E-state index in [2.05, 4.69) is 52.5 Å². The van der Waals surface area contributed by atoms with Crippen LogP contribution in [0, 0.1) is 24.2 Å². The molecule has 10 heteroatoms. The highest BCUT2D eigenvalue weighted by molar-refractivity contribution is 6.32. The number of nitrogens with one attached hydrogen (secondary N) is 1. The Kier molecular flexibility index (Phi) is 11.4. The van der Waals surface area contributed by atoms with E-state index in [0.29, 0.717) is 72.9 Å². The number of hydrogen-bond donors (Lipinski definition) is 1. The molecule has 0 amide bonds. The van der Waals surface area contributed by atoms with Gasteiger partial charge in [0, 0.05) is 68.6 Å². The maximum Gasteiger partial charge on any atom is 0.142 e. The molecule has 52 heavy (non-hydrogen) atoms. The highest BCUT2D eigenvalue weighted by atomic mass is 35.5. The summed E-state index contributed by atoms with van der Waals surface area (Å²) < 4.78 is 32.4. The van der Waals surface area contributed by atoms with Gasteiger partial charge in [-0.3, -0.25) is 14.7 Å². The monoisotopic (exact) mass is 722 g/mol. The Hall–Kier alpha value is -4.49. The number of hydrogen-bond acceptors (Lipinski definition) is 8. The maximum atomic E-state index is 13.2. The summed E-state index contributed by atoms with van der Waals surface area (Å²) in [7, 11) is 0. The van der Waals surface area contributed by atoms with Crippen LogP contribution in [0.25, 0.3) is 11.1 Å². The number of Topliss-reactive ketones (excluding diaryl/α,β-unsaturated/α-hetero) is 1. The van der Waals surface area contributed by atoms with E-state index in [-0.39, 0.29) is 12.7 Å². The average Bonchev–Trinajstić information content (AvgIpc) is 3.75. The summed E-state index contributed by atoms with van der Waals surface area (Å²) >= 11 is 6.91. The average molecular weight is 723 g/mol. The molecule has 3 aromatic carbocycles. The van der Waals surface area contributed by atoms with Gasteiger partial charge >= 0.3 is 0 Å². The van der Waals surface area contributed by atoms with E-state index in [1.165, 1.54) is 17.3 Å². The van der Waals surface area contributed by atoms with Crippen molar-refractivity contribution >= 4 is 17.4 Å². The zero-order valence-corrected chi connectivity index (χ0v) is 30.3. The number of carbonyl (C=O) groups excluding carboxylic acids is 1. The zero-order chi connectivity index (χ0) is 36.0. The molecule has 2 fully saturated rings. The summed E-state index contributed by atoms with van der Waals surface area (Å²) in [4.78, 5) is 18.1. The van der Waals surface area contributed by atoms with Crippen molar-refractivity contribution in [3.8, 4) is 34.4 Å². The fraction of sp³-hybridized carbons (Fsp3) is 0.405. The summed E-state index contributed by atoms with van der Waals surface area (Å²) in [5, 5.41) is 13.3. The minimum Gasteiger partial charge on any atom is -0.493 e. The van der Waals surface area contributed by atoms with Crippen molar-refractivity contribution in [2.45, 2.75) is 70.9 Å². The van der Waals surface area contributed by atoms with Crippen LogP contribution in [0.3, 0.4) is 0 Å². The number of benzene rings is 3. The normalized spacial score (nSPS) is 18.5. The summed E-state index contributed by atoms with van der Waals surface area (Å²) in [5.74, 6) is 2.71. The molecule has 1 saturated carbocycles. The molecule has 4 aromatic rings. The molecule has 0 radical (unpaired) electrons. The number of alkyl halides is 1. The molecule has 2 heterocycles. The molecule has 1 N–H and O–H groups in total. The Morgan fingerprint density at radius 2 is 1.87 bits per heavy atom. The third kappa shape index (κ3) is 8.42. The molecule has 1 saturated heterocycles. The summed E-state index contributed by atoms with van der Waals surface area (Å²) in [6, 6.07) is 20.3. The van der Waals surface area contributed by atoms with Gasteiger partial charge in [0.25, 0.3) is 0 Å². The van der Waals surface area contributed by atoms with Gasteiger partial charge < -0.3 is 19.5 Å². The predicted molar refractivity (Wildman–Crippen MR) is 199 cm³/mol. The van der Waals surface area contributed by atoms with E-state index in [9.17, 15) is 14.4 Å². The molecule has 2 aliphatic carbocycles. The van der Waals surface area contributed by atoms with Crippen LogP contribution in [0.5, 0.6) is 17.2 Å². The minimum absolute atomic E-state index is 0.189. The van der Waals surface area contributed by atoms with Crippen molar-refractivity contribution in [3.63, 3.8) is 0 Å². The van der Waals surface area contributed by atoms with E-state index < -0.39 is 6.17 Å². The van der Waals surface area contributed by atoms with Crippen molar-refractivity contribution in [2.75, 3.05) is 32.8 Å². The molecular formula is C42H44ClFN4O4. The van der Waals surface area contributed by atoms with Crippen LogP contribution < -0.4 is 19.5 Å². The third-order valence-corrected chi connectivity index (χ3v) is 10.7. The molecule has 1 aliphatic heterocycles. The van der Waals surface area contributed by atoms with Gasteiger partial charge in [-0.1, -0.05) is 41.9 Å². The highest BCUT2D eigenvalue weighted by Crippen LogP contribution is 2.44. The van der Waals surface area contributed by atoms with Gasteiger partial charge in [0.2, 0.25) is 0 Å². The SMILES string of the molecule is Cc1c(OCCCN2CC(F)C2)cccc1-c1cccc2c1CC[C@@H]2Oc1cc(OCc2cncc(C#N)c2)c(CNCC2CCC(=O)C2)cc1Cl. The number of nitriles is 1. The lowest BCUT2D eigenvalue weighted by molar-refractivity contribution is -0.117. The first-order valence-electron chi connectivity index (χ1n) is 18.2. The first kappa shape index (κ1) is 35.9. The quantitative estimate of drug-likeness (QED) is 0.123. The van der Waals surface area contributed by atoms with Crippen LogP contribution >= 0.6 is 11.6 Å². The van der Waals surface area contributed by atoms with Crippen molar-refractivity contribution in [3.05, 3.63) is 105 Å². The van der Waals surface area contributed by atoms with Gasteiger partial charge in [0.15, 0.2) is 0 Å². The molecule has 1 unspecified atom stereocenters. The first-order valence-corrected chi connectivity index (χ1v) is 18.6. The fourth-order valence-corrected chi connectivity index (χ4v) is 7.80. The fourth-order valence-electron chi connectivity index (χ4n) is 7.57. The lowest BCUT2D eigenvalue weighted by atomic mass is 9.93. The van der Waals surface area contributed by atoms with Crippen LogP contribution in [0.15, 0.2) is 67.0 Å². The number of carbonyl (C=O) groups is 1. The van der Waals surface area contributed by atoms with E-state index in [1.54, 1.807) is 12.3 Å². The second kappa shape index (κ2) is 16.5. The minimum atomic E-state index is -0.682. The summed E-state index contributed by atoms with van der Waals surface area (Å²) in [5.41, 5.74) is 7.94. The Labute approximate surface area is 309 Å². The Morgan fingerprint density at radius 3 is 2.67 bits per heavy atom. The largest absolute Gasteiger partial charge is 0.493 e. The van der Waals surface area contributed by atoms with E-state index in [4.69, 9.17) is 25.8 Å². The number of aromatic nitrogens is 1. The molecule has 8 nitrogen and oxygen atoms in total. The molecule has 0 bridgehead atoms. The second-order valence-corrected chi connectivity index (χ2v) is 14.6. The van der Waals surface area contributed by atoms with E-state index in [1.807, 2.05) is 24.3 Å². The second-order valence-electron chi connectivity index (χ2n) is 14.2. The van der Waals surface area contributed by atoms with Crippen LogP contribution in [0.4, 0.5) is 4.39 Å². The van der Waals surface area contributed by atoms with Gasteiger partial charge in [-0.05, 0) is 91.1 Å². The molecular weight excluding hydrogens is 679 g/mol. The van der Waals surface area contributed by atoms with E-state index in [0.717, 1.165) is 72.3 Å². The molecule has 0 spiro atoms. The number of rotatable bonds is 15.